The Balaban J connectivity index is 2.71. The summed E-state index contributed by atoms with van der Waals surface area (Å²) in [4.78, 5) is 7.09. The minimum atomic E-state index is -4.30. The third-order valence-electron chi connectivity index (χ3n) is 0.817. The molecule has 0 unspecified atom stereocenters. The lowest BCUT2D eigenvalue weighted by Crippen LogP contribution is -2.00. The molecule has 1 heterocycles. The average Bonchev–Trinajstić information content (AvgIpc) is 1.91. The van der Waals surface area contributed by atoms with Gasteiger partial charge in [-0.15, -0.1) is 0 Å². The largest absolute Gasteiger partial charge is 0.447 e. The molecule has 0 fully saturated rings. The van der Waals surface area contributed by atoms with Crippen LogP contribution in [0.15, 0.2) is 22.0 Å². The highest BCUT2D eigenvalue weighted by atomic mass is 79.9. The molecule has 1 aromatic heterocycles. The molecule has 0 atom stereocenters. The first-order valence-electron chi connectivity index (χ1n) is 2.71. The van der Waals surface area contributed by atoms with Gasteiger partial charge in [-0.05, 0) is 15.9 Å². The van der Waals surface area contributed by atoms with Gasteiger partial charge in [0.2, 0.25) is 0 Å². The molecule has 2 nitrogen and oxygen atoms in total. The van der Waals surface area contributed by atoms with Crippen LogP contribution in [0.25, 0.3) is 0 Å². The number of aromatic nitrogens is 2. The Bertz CT molecular complexity index is 260. The van der Waals surface area contributed by atoms with Gasteiger partial charge in [-0.2, -0.15) is 13.2 Å². The quantitative estimate of drug-likeness (QED) is 0.725. The van der Waals surface area contributed by atoms with E-state index in [0.29, 0.717) is 4.60 Å². The minimum Gasteiger partial charge on any atom is -0.245 e. The zero-order chi connectivity index (χ0) is 9.19. The van der Waals surface area contributed by atoms with Crippen molar-refractivity contribution in [2.45, 2.75) is 10.5 Å². The van der Waals surface area contributed by atoms with E-state index in [9.17, 15) is 13.2 Å². The molecule has 0 amide bonds. The number of hydrogen-bond acceptors (Lipinski definition) is 3. The maximum Gasteiger partial charge on any atom is 0.447 e. The first kappa shape index (κ1) is 9.79. The Hall–Kier alpha value is -0.300. The molecular formula is C5H2BrF3N2S. The van der Waals surface area contributed by atoms with Crippen molar-refractivity contribution < 1.29 is 13.2 Å². The second kappa shape index (κ2) is 3.61. The zero-order valence-electron chi connectivity index (χ0n) is 5.47. The summed E-state index contributed by atoms with van der Waals surface area (Å²) in [6, 6.07) is 0. The summed E-state index contributed by atoms with van der Waals surface area (Å²) < 4.78 is 35.6. The van der Waals surface area contributed by atoms with Gasteiger partial charge in [0.1, 0.15) is 9.63 Å². The van der Waals surface area contributed by atoms with E-state index in [1.54, 1.807) is 0 Å². The monoisotopic (exact) mass is 258 g/mol. The van der Waals surface area contributed by atoms with Crippen LogP contribution >= 0.6 is 27.7 Å². The molecule has 1 aromatic rings. The molecule has 0 bridgehead atoms. The molecule has 66 valence electrons. The van der Waals surface area contributed by atoms with Gasteiger partial charge in [0, 0.05) is 11.8 Å². The van der Waals surface area contributed by atoms with Gasteiger partial charge in [-0.1, -0.05) is 0 Å². The summed E-state index contributed by atoms with van der Waals surface area (Å²) in [5.41, 5.74) is -4.30. The van der Waals surface area contributed by atoms with Crippen molar-refractivity contribution in [3.05, 3.63) is 17.0 Å². The SMILES string of the molecule is FC(F)(F)Sc1cnc(Br)cn1. The Kier molecular flexibility index (Phi) is 2.94. The van der Waals surface area contributed by atoms with Gasteiger partial charge < -0.3 is 0 Å². The van der Waals surface area contributed by atoms with Crippen molar-refractivity contribution in [1.82, 2.24) is 9.97 Å². The number of hydrogen-bond donors (Lipinski definition) is 0. The molecule has 0 N–H and O–H groups in total. The third kappa shape index (κ3) is 3.40. The van der Waals surface area contributed by atoms with Gasteiger partial charge in [-0.25, -0.2) is 9.97 Å². The molecule has 0 aliphatic carbocycles. The van der Waals surface area contributed by atoms with Crippen molar-refractivity contribution >= 4 is 27.7 Å². The Morgan fingerprint density at radius 2 is 1.92 bits per heavy atom. The Morgan fingerprint density at radius 1 is 1.25 bits per heavy atom. The van der Waals surface area contributed by atoms with Crippen LogP contribution < -0.4 is 0 Å². The van der Waals surface area contributed by atoms with E-state index in [1.807, 2.05) is 0 Å². The van der Waals surface area contributed by atoms with Crippen molar-refractivity contribution in [3.63, 3.8) is 0 Å². The lowest BCUT2D eigenvalue weighted by Gasteiger charge is -2.02. The van der Waals surface area contributed by atoms with Gasteiger partial charge >= 0.3 is 5.51 Å². The van der Waals surface area contributed by atoms with E-state index < -0.39 is 5.51 Å². The number of thioether (sulfide) groups is 1. The highest BCUT2D eigenvalue weighted by Crippen LogP contribution is 2.35. The Labute approximate surface area is 78.7 Å². The van der Waals surface area contributed by atoms with E-state index >= 15 is 0 Å². The lowest BCUT2D eigenvalue weighted by atomic mass is 10.8. The molecule has 0 saturated heterocycles. The van der Waals surface area contributed by atoms with E-state index in [-0.39, 0.29) is 16.8 Å². The number of rotatable bonds is 1. The van der Waals surface area contributed by atoms with Gasteiger partial charge in [0.15, 0.2) is 0 Å². The fraction of sp³-hybridized carbons (Fsp3) is 0.200. The third-order valence-corrected chi connectivity index (χ3v) is 1.88. The fourth-order valence-corrected chi connectivity index (χ4v) is 1.12. The van der Waals surface area contributed by atoms with Gasteiger partial charge in [0.05, 0.1) is 12.4 Å². The maximum absolute atomic E-state index is 11.7. The first-order chi connectivity index (χ1) is 5.47. The van der Waals surface area contributed by atoms with Crippen LogP contribution in [0.5, 0.6) is 0 Å². The topological polar surface area (TPSA) is 25.8 Å². The molecule has 1 rings (SSSR count). The van der Waals surface area contributed by atoms with Gasteiger partial charge in [0.25, 0.3) is 0 Å². The van der Waals surface area contributed by atoms with Crippen molar-refractivity contribution in [2.24, 2.45) is 0 Å². The van der Waals surface area contributed by atoms with Crippen molar-refractivity contribution in [2.75, 3.05) is 0 Å². The standard InChI is InChI=1S/C5H2BrF3N2S/c6-3-1-11-4(2-10-3)12-5(7,8)9/h1-2H. The molecule has 0 saturated carbocycles. The smallest absolute Gasteiger partial charge is 0.245 e. The minimum absolute atomic E-state index is 0.161. The summed E-state index contributed by atoms with van der Waals surface area (Å²) in [7, 11) is 0. The highest BCUT2D eigenvalue weighted by molar-refractivity contribution is 9.10. The first-order valence-corrected chi connectivity index (χ1v) is 4.31. The summed E-state index contributed by atoms with van der Waals surface area (Å²) >= 11 is 2.68. The molecule has 7 heteroatoms. The van der Waals surface area contributed by atoms with Crippen LogP contribution in [0.3, 0.4) is 0 Å². The average molecular weight is 259 g/mol. The fourth-order valence-electron chi connectivity index (χ4n) is 0.472. The van der Waals surface area contributed by atoms with Gasteiger partial charge in [-0.3, -0.25) is 0 Å². The summed E-state index contributed by atoms with van der Waals surface area (Å²) in [6.45, 7) is 0. The molecule has 12 heavy (non-hydrogen) atoms. The molecule has 0 aromatic carbocycles. The summed E-state index contributed by atoms with van der Waals surface area (Å²) in [5, 5.41) is -0.161. The van der Waals surface area contributed by atoms with Crippen molar-refractivity contribution in [3.8, 4) is 0 Å². The second-order valence-corrected chi connectivity index (χ2v) is 3.62. The van der Waals surface area contributed by atoms with Crippen LogP contribution in [0, 0.1) is 0 Å². The van der Waals surface area contributed by atoms with E-state index in [2.05, 4.69) is 25.9 Å². The molecular weight excluding hydrogens is 257 g/mol. The van der Waals surface area contributed by atoms with Crippen LogP contribution in [-0.2, 0) is 0 Å². The molecule has 0 radical (unpaired) electrons. The number of halogens is 4. The molecule has 0 aliphatic rings. The van der Waals surface area contributed by atoms with E-state index in [0.717, 1.165) is 6.20 Å². The van der Waals surface area contributed by atoms with Crippen LogP contribution in [0.1, 0.15) is 0 Å². The maximum atomic E-state index is 11.7. The molecule has 0 aliphatic heterocycles. The second-order valence-electron chi connectivity index (χ2n) is 1.73. The molecule has 0 spiro atoms. The number of alkyl halides is 3. The van der Waals surface area contributed by atoms with Crippen LogP contribution in [-0.4, -0.2) is 15.5 Å². The lowest BCUT2D eigenvalue weighted by molar-refractivity contribution is -0.0329. The van der Waals surface area contributed by atoms with Crippen LogP contribution in [0.2, 0.25) is 0 Å². The number of nitrogens with zero attached hydrogens (tertiary/aromatic N) is 2. The predicted molar refractivity (Wildman–Crippen MR) is 41.6 cm³/mol. The van der Waals surface area contributed by atoms with Crippen molar-refractivity contribution in [1.29, 1.82) is 0 Å². The zero-order valence-corrected chi connectivity index (χ0v) is 7.87. The Morgan fingerprint density at radius 3 is 2.33 bits per heavy atom. The normalized spacial score (nSPS) is 11.7. The van der Waals surface area contributed by atoms with Crippen LogP contribution in [0.4, 0.5) is 13.2 Å². The van der Waals surface area contributed by atoms with E-state index in [1.165, 1.54) is 6.20 Å². The predicted octanol–water partition coefficient (Wildman–Crippen LogP) is 2.85. The summed E-state index contributed by atoms with van der Waals surface area (Å²) in [5.74, 6) is 0. The highest BCUT2D eigenvalue weighted by Gasteiger charge is 2.30. The summed E-state index contributed by atoms with van der Waals surface area (Å²) in [6.07, 6.45) is 2.27. The van der Waals surface area contributed by atoms with E-state index in [4.69, 9.17) is 0 Å².